The van der Waals surface area contributed by atoms with E-state index >= 15 is 0 Å². The first-order valence-electron chi connectivity index (χ1n) is 4.71. The Kier molecular flexibility index (Phi) is 3.48. The minimum atomic E-state index is 0.495. The van der Waals surface area contributed by atoms with E-state index in [1.54, 1.807) is 6.33 Å². The van der Waals surface area contributed by atoms with Gasteiger partial charge in [-0.05, 0) is 29.5 Å². The van der Waals surface area contributed by atoms with Crippen LogP contribution in [0.3, 0.4) is 0 Å². The number of nitrogens with two attached hydrogens (primary N) is 1. The summed E-state index contributed by atoms with van der Waals surface area (Å²) in [7, 11) is 1.89. The first kappa shape index (κ1) is 11.4. The summed E-state index contributed by atoms with van der Waals surface area (Å²) in [6, 6.07) is 5.79. The number of rotatable bonds is 3. The SMILES string of the molecule is Cn1cnnc1Sc1ccc(CN)cc1Cl. The van der Waals surface area contributed by atoms with Crippen molar-refractivity contribution in [3.05, 3.63) is 35.1 Å². The molecule has 84 valence electrons. The van der Waals surface area contributed by atoms with Crippen molar-refractivity contribution in [1.82, 2.24) is 14.8 Å². The Labute approximate surface area is 103 Å². The third-order valence-corrected chi connectivity index (χ3v) is 3.66. The Morgan fingerprint density at radius 3 is 2.88 bits per heavy atom. The molecule has 2 N–H and O–H groups in total. The minimum absolute atomic E-state index is 0.495. The van der Waals surface area contributed by atoms with Crippen LogP contribution in [-0.4, -0.2) is 14.8 Å². The molecule has 0 atom stereocenters. The average molecular weight is 255 g/mol. The highest BCUT2D eigenvalue weighted by molar-refractivity contribution is 7.99. The molecule has 0 aliphatic heterocycles. The molecule has 0 amide bonds. The Balaban J connectivity index is 2.25. The van der Waals surface area contributed by atoms with Crippen LogP contribution in [0.5, 0.6) is 0 Å². The molecule has 0 aliphatic carbocycles. The first-order valence-corrected chi connectivity index (χ1v) is 5.90. The summed E-state index contributed by atoms with van der Waals surface area (Å²) in [4.78, 5) is 0.954. The van der Waals surface area contributed by atoms with E-state index in [0.29, 0.717) is 11.6 Å². The number of benzene rings is 1. The molecule has 0 unspecified atom stereocenters. The van der Waals surface area contributed by atoms with Gasteiger partial charge >= 0.3 is 0 Å². The van der Waals surface area contributed by atoms with E-state index in [0.717, 1.165) is 15.6 Å². The van der Waals surface area contributed by atoms with Gasteiger partial charge in [-0.3, -0.25) is 0 Å². The van der Waals surface area contributed by atoms with Crippen molar-refractivity contribution in [2.45, 2.75) is 16.6 Å². The van der Waals surface area contributed by atoms with E-state index < -0.39 is 0 Å². The van der Waals surface area contributed by atoms with Gasteiger partial charge in [0.15, 0.2) is 5.16 Å². The van der Waals surface area contributed by atoms with Gasteiger partial charge in [0.2, 0.25) is 0 Å². The zero-order chi connectivity index (χ0) is 11.5. The summed E-state index contributed by atoms with van der Waals surface area (Å²) in [6.07, 6.45) is 1.66. The maximum absolute atomic E-state index is 6.14. The zero-order valence-corrected chi connectivity index (χ0v) is 10.3. The molecule has 0 spiro atoms. The Hall–Kier alpha value is -1.04. The van der Waals surface area contributed by atoms with E-state index in [4.69, 9.17) is 17.3 Å². The maximum Gasteiger partial charge on any atom is 0.195 e. The third kappa shape index (κ3) is 2.37. The van der Waals surface area contributed by atoms with Gasteiger partial charge < -0.3 is 10.3 Å². The van der Waals surface area contributed by atoms with Crippen LogP contribution < -0.4 is 5.73 Å². The molecule has 0 fully saturated rings. The van der Waals surface area contributed by atoms with Crippen molar-refractivity contribution in [1.29, 1.82) is 0 Å². The first-order chi connectivity index (χ1) is 7.70. The highest BCUT2D eigenvalue weighted by Crippen LogP contribution is 2.32. The summed E-state index contributed by atoms with van der Waals surface area (Å²) >= 11 is 7.63. The fourth-order valence-corrected chi connectivity index (χ4v) is 2.30. The minimum Gasteiger partial charge on any atom is -0.326 e. The quantitative estimate of drug-likeness (QED) is 0.911. The summed E-state index contributed by atoms with van der Waals surface area (Å²) < 4.78 is 1.85. The molecule has 0 aliphatic rings. The van der Waals surface area contributed by atoms with Gasteiger partial charge in [-0.15, -0.1) is 10.2 Å². The number of nitrogens with zero attached hydrogens (tertiary/aromatic N) is 3. The lowest BCUT2D eigenvalue weighted by Crippen LogP contribution is -1.96. The van der Waals surface area contributed by atoms with Gasteiger partial charge in [-0.2, -0.15) is 0 Å². The van der Waals surface area contributed by atoms with Crippen molar-refractivity contribution in [3.63, 3.8) is 0 Å². The van der Waals surface area contributed by atoms with Crippen molar-refractivity contribution in [2.75, 3.05) is 0 Å². The van der Waals surface area contributed by atoms with Crippen LogP contribution in [0.1, 0.15) is 5.56 Å². The Morgan fingerprint density at radius 2 is 2.31 bits per heavy atom. The largest absolute Gasteiger partial charge is 0.326 e. The van der Waals surface area contributed by atoms with Crippen molar-refractivity contribution >= 4 is 23.4 Å². The van der Waals surface area contributed by atoms with Crippen LogP contribution >= 0.6 is 23.4 Å². The highest BCUT2D eigenvalue weighted by atomic mass is 35.5. The van der Waals surface area contributed by atoms with Crippen LogP contribution in [0.2, 0.25) is 5.02 Å². The smallest absolute Gasteiger partial charge is 0.195 e. The lowest BCUT2D eigenvalue weighted by atomic mass is 10.2. The average Bonchev–Trinajstić information content (AvgIpc) is 2.67. The second kappa shape index (κ2) is 4.86. The predicted molar refractivity (Wildman–Crippen MR) is 64.5 cm³/mol. The van der Waals surface area contributed by atoms with Crippen LogP contribution in [0.15, 0.2) is 34.6 Å². The summed E-state index contributed by atoms with van der Waals surface area (Å²) in [5.41, 5.74) is 6.56. The van der Waals surface area contributed by atoms with Gasteiger partial charge in [0, 0.05) is 18.5 Å². The van der Waals surface area contributed by atoms with Gasteiger partial charge in [-0.25, -0.2) is 0 Å². The standard InChI is InChI=1S/C10H11ClN4S/c1-15-6-13-14-10(15)16-9-3-2-7(5-12)4-8(9)11/h2-4,6H,5,12H2,1H3. The number of hydrogen-bond donors (Lipinski definition) is 1. The molecule has 0 radical (unpaired) electrons. The summed E-state index contributed by atoms with van der Waals surface area (Å²) in [5.74, 6) is 0. The second-order valence-corrected chi connectivity index (χ2v) is 4.71. The predicted octanol–water partition coefficient (Wildman–Crippen LogP) is 2.08. The van der Waals surface area contributed by atoms with Gasteiger partial charge in [0.1, 0.15) is 6.33 Å². The van der Waals surface area contributed by atoms with Crippen LogP contribution in [-0.2, 0) is 13.6 Å². The number of hydrogen-bond acceptors (Lipinski definition) is 4. The van der Waals surface area contributed by atoms with E-state index in [-0.39, 0.29) is 0 Å². The normalized spacial score (nSPS) is 10.7. The highest BCUT2D eigenvalue weighted by Gasteiger charge is 2.07. The van der Waals surface area contributed by atoms with E-state index in [9.17, 15) is 0 Å². The molecule has 6 heteroatoms. The molecule has 0 bridgehead atoms. The fraction of sp³-hybridized carbons (Fsp3) is 0.200. The lowest BCUT2D eigenvalue weighted by molar-refractivity contribution is 0.788. The molecular formula is C10H11ClN4S. The molecule has 16 heavy (non-hydrogen) atoms. The van der Waals surface area contributed by atoms with E-state index in [1.807, 2.05) is 29.8 Å². The molecule has 1 heterocycles. The molecule has 0 saturated carbocycles. The molecule has 0 saturated heterocycles. The molecule has 1 aromatic heterocycles. The van der Waals surface area contributed by atoms with E-state index in [2.05, 4.69) is 10.2 Å². The Bertz CT molecular complexity index is 497. The van der Waals surface area contributed by atoms with E-state index in [1.165, 1.54) is 11.8 Å². The zero-order valence-electron chi connectivity index (χ0n) is 8.72. The summed E-state index contributed by atoms with van der Waals surface area (Å²) in [5, 5.41) is 9.30. The number of aryl methyl sites for hydroxylation is 1. The molecule has 4 nitrogen and oxygen atoms in total. The van der Waals surface area contributed by atoms with Gasteiger partial charge in [0.05, 0.1) is 5.02 Å². The third-order valence-electron chi connectivity index (χ3n) is 2.10. The summed E-state index contributed by atoms with van der Waals surface area (Å²) in [6.45, 7) is 0.495. The second-order valence-electron chi connectivity index (χ2n) is 3.30. The van der Waals surface area contributed by atoms with Crippen molar-refractivity contribution < 1.29 is 0 Å². The number of aromatic nitrogens is 3. The van der Waals surface area contributed by atoms with Gasteiger partial charge in [0.25, 0.3) is 0 Å². The molecule has 1 aromatic carbocycles. The van der Waals surface area contributed by atoms with Crippen LogP contribution in [0.4, 0.5) is 0 Å². The molecule has 2 aromatic rings. The fourth-order valence-electron chi connectivity index (χ4n) is 1.22. The lowest BCUT2D eigenvalue weighted by Gasteiger charge is -2.04. The monoisotopic (exact) mass is 254 g/mol. The molecular weight excluding hydrogens is 244 g/mol. The van der Waals surface area contributed by atoms with Crippen molar-refractivity contribution in [3.8, 4) is 0 Å². The van der Waals surface area contributed by atoms with Crippen LogP contribution in [0.25, 0.3) is 0 Å². The number of halogens is 1. The van der Waals surface area contributed by atoms with Crippen molar-refractivity contribution in [2.24, 2.45) is 12.8 Å². The topological polar surface area (TPSA) is 56.7 Å². The van der Waals surface area contributed by atoms with Crippen LogP contribution in [0, 0.1) is 0 Å². The Morgan fingerprint density at radius 1 is 1.50 bits per heavy atom. The maximum atomic E-state index is 6.14. The molecule has 2 rings (SSSR count). The van der Waals surface area contributed by atoms with Gasteiger partial charge in [-0.1, -0.05) is 17.7 Å².